The second kappa shape index (κ2) is 17.3. The van der Waals surface area contributed by atoms with Gasteiger partial charge in [-0.25, -0.2) is 0 Å². The third-order valence-electron chi connectivity index (χ3n) is 17.9. The topological polar surface area (TPSA) is 259 Å². The number of aliphatic hydroxyl groups is 9. The molecule has 0 aromatic carbocycles. The van der Waals surface area contributed by atoms with Crippen molar-refractivity contribution in [3.63, 3.8) is 0 Å². The van der Waals surface area contributed by atoms with Crippen molar-refractivity contribution in [1.29, 1.82) is 0 Å². The third-order valence-corrected chi connectivity index (χ3v) is 17.9. The second-order valence-corrected chi connectivity index (χ2v) is 21.2. The Labute approximate surface area is 364 Å². The highest BCUT2D eigenvalue weighted by Crippen LogP contribution is 2.70. The predicted molar refractivity (Wildman–Crippen MR) is 216 cm³/mol. The van der Waals surface area contributed by atoms with Crippen LogP contribution < -0.4 is 5.32 Å². The molecule has 26 atom stereocenters. The minimum atomic E-state index is -1.84. The van der Waals surface area contributed by atoms with Gasteiger partial charge in [0.2, 0.25) is 0 Å². The van der Waals surface area contributed by atoms with Gasteiger partial charge in [-0.05, 0) is 105 Å². The Hall–Kier alpha value is -0.940. The molecule has 9 aliphatic rings. The summed E-state index contributed by atoms with van der Waals surface area (Å²) in [5.41, 5.74) is 1.32. The molecule has 17 nitrogen and oxygen atoms in total. The summed E-state index contributed by atoms with van der Waals surface area (Å²) in [4.78, 5) is 0. The quantitative estimate of drug-likeness (QED) is 0.142. The lowest BCUT2D eigenvalue weighted by Gasteiger charge is -2.59. The van der Waals surface area contributed by atoms with E-state index < -0.39 is 111 Å². The largest absolute Gasteiger partial charge is 0.394 e. The molecular weight excluding hydrogens is 810 g/mol. The van der Waals surface area contributed by atoms with E-state index in [1.54, 1.807) is 0 Å². The van der Waals surface area contributed by atoms with E-state index in [1.807, 2.05) is 0 Å². The van der Waals surface area contributed by atoms with Crippen LogP contribution in [0.1, 0.15) is 92.4 Å². The van der Waals surface area contributed by atoms with Gasteiger partial charge in [-0.15, -0.1) is 0 Å². The molecule has 17 heteroatoms. The van der Waals surface area contributed by atoms with Gasteiger partial charge in [0, 0.05) is 12.5 Å². The van der Waals surface area contributed by atoms with Crippen LogP contribution in [0.3, 0.4) is 0 Å². The van der Waals surface area contributed by atoms with Crippen molar-refractivity contribution >= 4 is 0 Å². The summed E-state index contributed by atoms with van der Waals surface area (Å²) in [6.45, 7) is 10.8. The van der Waals surface area contributed by atoms with Crippen LogP contribution in [0.25, 0.3) is 0 Å². The first-order chi connectivity index (χ1) is 29.4. The molecule has 0 radical (unpaired) electrons. The van der Waals surface area contributed by atoms with Crippen LogP contribution in [0, 0.1) is 46.3 Å². The molecule has 354 valence electrons. The van der Waals surface area contributed by atoms with Gasteiger partial charge in [-0.2, -0.15) is 0 Å². The van der Waals surface area contributed by atoms with Crippen molar-refractivity contribution < 1.29 is 79.1 Å². The maximum atomic E-state index is 11.6. The third kappa shape index (κ3) is 7.49. The molecule has 5 saturated heterocycles. The van der Waals surface area contributed by atoms with Crippen LogP contribution in [-0.4, -0.2) is 176 Å². The van der Waals surface area contributed by atoms with E-state index in [0.29, 0.717) is 48.3 Å². The summed E-state index contributed by atoms with van der Waals surface area (Å²) in [7, 11) is 0. The van der Waals surface area contributed by atoms with Crippen LogP contribution >= 0.6 is 0 Å². The van der Waals surface area contributed by atoms with E-state index >= 15 is 0 Å². The van der Waals surface area contributed by atoms with Crippen molar-refractivity contribution in [3.05, 3.63) is 11.6 Å². The van der Waals surface area contributed by atoms with Crippen molar-refractivity contribution in [2.75, 3.05) is 19.8 Å². The Balaban J connectivity index is 0.940. The molecule has 0 aromatic heterocycles. The Kier molecular flexibility index (Phi) is 12.9. The number of ether oxygens (including phenoxy) is 7. The van der Waals surface area contributed by atoms with E-state index in [0.717, 1.165) is 38.6 Å². The zero-order valence-electron chi connectivity index (χ0n) is 36.7. The summed E-state index contributed by atoms with van der Waals surface area (Å²) in [5.74, 6) is 3.32. The molecule has 4 aliphatic carbocycles. The Bertz CT molecular complexity index is 1610. The highest BCUT2D eigenvalue weighted by atomic mass is 16.8. The maximum absolute atomic E-state index is 11.6. The van der Waals surface area contributed by atoms with Crippen LogP contribution in [0.5, 0.6) is 0 Å². The first kappa shape index (κ1) is 46.2. The average molecular weight is 884 g/mol. The number of hydrogen-bond acceptors (Lipinski definition) is 17. The summed E-state index contributed by atoms with van der Waals surface area (Å²) in [6, 6.07) is 0. The fourth-order valence-electron chi connectivity index (χ4n) is 14.2. The number of rotatable bonds is 8. The number of fused-ring (bicyclic) bond motifs is 7. The molecule has 1 spiro atoms. The monoisotopic (exact) mass is 883 g/mol. The van der Waals surface area contributed by atoms with E-state index in [-0.39, 0.29) is 22.7 Å². The van der Waals surface area contributed by atoms with Crippen LogP contribution in [0.15, 0.2) is 11.6 Å². The summed E-state index contributed by atoms with van der Waals surface area (Å²) in [6.07, 6.45) is -11.9. The number of nitrogens with one attached hydrogen (secondary N) is 1. The molecule has 5 heterocycles. The van der Waals surface area contributed by atoms with Gasteiger partial charge in [0.1, 0.15) is 72.9 Å². The van der Waals surface area contributed by atoms with Gasteiger partial charge < -0.3 is 79.1 Å². The molecule has 3 saturated carbocycles. The summed E-state index contributed by atoms with van der Waals surface area (Å²) in [5, 5.41) is 99.7. The second-order valence-electron chi connectivity index (χ2n) is 21.2. The molecule has 0 unspecified atom stereocenters. The van der Waals surface area contributed by atoms with Crippen molar-refractivity contribution in [1.82, 2.24) is 5.32 Å². The molecule has 10 N–H and O–H groups in total. The van der Waals surface area contributed by atoms with Gasteiger partial charge in [-0.3, -0.25) is 5.32 Å². The van der Waals surface area contributed by atoms with Crippen LogP contribution in [-0.2, 0) is 33.2 Å². The summed E-state index contributed by atoms with van der Waals surface area (Å²) >= 11 is 0. The first-order valence-electron chi connectivity index (χ1n) is 23.5. The maximum Gasteiger partial charge on any atom is 0.187 e. The van der Waals surface area contributed by atoms with Crippen molar-refractivity contribution in [3.8, 4) is 0 Å². The van der Waals surface area contributed by atoms with Crippen molar-refractivity contribution in [2.45, 2.75) is 202 Å². The zero-order valence-corrected chi connectivity index (χ0v) is 36.7. The molecular formula is C45H73NO16. The first-order valence-corrected chi connectivity index (χ1v) is 23.5. The Morgan fingerprint density at radius 1 is 0.694 bits per heavy atom. The molecule has 8 fully saturated rings. The fraction of sp³-hybridized carbons (Fsp3) is 0.956. The SMILES string of the molecule is C[C@H]1CC[C@@]2(NC1)O[C@@H]1C[C@@H]3[C@H]4CC=C5C[C@H](O[C@H]6O[C@@H](CO)[C@@H](O)[C@@H](O[C@H]7O[C@@H](CO)[C@H](O)[C@@H](O)[C@@H]7O)[C@@H]6O[C@@H]6O[C@H](C)[C@@H](O)[C@H](O)[C@@H]6O)CC[C@@]5(C)[C@@H]4CC[C@@]3(C)[C@@H]1[C@H]2C. The highest BCUT2D eigenvalue weighted by molar-refractivity contribution is 5.26. The van der Waals surface area contributed by atoms with Gasteiger partial charge in [0.25, 0.3) is 0 Å². The highest BCUT2D eigenvalue weighted by Gasteiger charge is 2.68. The predicted octanol–water partition coefficient (Wildman–Crippen LogP) is -0.213. The molecule has 0 amide bonds. The van der Waals surface area contributed by atoms with Gasteiger partial charge in [0.15, 0.2) is 18.9 Å². The number of piperidine rings is 1. The number of aliphatic hydroxyl groups excluding tert-OH is 9. The van der Waals surface area contributed by atoms with Crippen molar-refractivity contribution in [2.24, 2.45) is 46.3 Å². The lowest BCUT2D eigenvalue weighted by Crippen LogP contribution is -2.67. The Morgan fingerprint density at radius 3 is 2.05 bits per heavy atom. The lowest BCUT2D eigenvalue weighted by atomic mass is 9.47. The minimum Gasteiger partial charge on any atom is -0.394 e. The van der Waals surface area contributed by atoms with Gasteiger partial charge >= 0.3 is 0 Å². The molecule has 0 aromatic rings. The van der Waals surface area contributed by atoms with Crippen LogP contribution in [0.2, 0.25) is 0 Å². The van der Waals surface area contributed by atoms with E-state index in [4.69, 9.17) is 33.2 Å². The molecule has 62 heavy (non-hydrogen) atoms. The van der Waals surface area contributed by atoms with E-state index in [2.05, 4.69) is 39.1 Å². The zero-order chi connectivity index (χ0) is 44.2. The molecule has 0 bridgehead atoms. The number of hydrogen-bond donors (Lipinski definition) is 10. The minimum absolute atomic E-state index is 0.0361. The number of allylic oxidation sites excluding steroid dienone is 1. The van der Waals surface area contributed by atoms with Gasteiger partial charge in [-0.1, -0.05) is 39.3 Å². The van der Waals surface area contributed by atoms with Crippen LogP contribution in [0.4, 0.5) is 0 Å². The lowest BCUT2D eigenvalue weighted by molar-refractivity contribution is -0.394. The van der Waals surface area contributed by atoms with E-state index in [9.17, 15) is 46.0 Å². The van der Waals surface area contributed by atoms with E-state index in [1.165, 1.54) is 25.3 Å². The smallest absolute Gasteiger partial charge is 0.187 e. The van der Waals surface area contributed by atoms with Gasteiger partial charge in [0.05, 0.1) is 31.5 Å². The standard InChI is InChI=1S/C45H73NO16/c1-19-8-13-45(46-16-19)20(2)30-27(62-45)15-26-24-7-6-22-14-23(9-11-43(22,4)25(24)10-12-44(26,30)5)57-42-39(61-40-36(54)34(52)31(49)21(3)56-40)38(33(51)29(18-48)59-42)60-41-37(55)35(53)32(50)28(17-47)58-41/h6,19-21,23-42,46-55H,7-18H2,1-5H3/t19-,20+,21+,23+,24-,25+,26+,27+,28-,29-,30+,31+,32-,33+,34-,35+,36-,37-,38+,39-,40-,41+,42-,43+,44+,45+/m0/s1. The fourth-order valence-corrected chi connectivity index (χ4v) is 14.2. The summed E-state index contributed by atoms with van der Waals surface area (Å²) < 4.78 is 43.9. The molecule has 5 aliphatic heterocycles. The molecule has 9 rings (SSSR count). The Morgan fingerprint density at radius 2 is 1.35 bits per heavy atom. The normalized spacial score (nSPS) is 57.6. The average Bonchev–Trinajstić information content (AvgIpc) is 3.70.